The fourth-order valence-corrected chi connectivity index (χ4v) is 2.28. The second kappa shape index (κ2) is 6.58. The molecule has 0 bridgehead atoms. The molecule has 0 aliphatic carbocycles. The highest BCUT2D eigenvalue weighted by Crippen LogP contribution is 2.23. The summed E-state index contributed by atoms with van der Waals surface area (Å²) in [6.07, 6.45) is 3.18. The maximum atomic E-state index is 11.9. The van der Waals surface area contributed by atoms with E-state index in [0.29, 0.717) is 17.9 Å². The molecule has 2 heterocycles. The van der Waals surface area contributed by atoms with Gasteiger partial charge in [-0.2, -0.15) is 0 Å². The van der Waals surface area contributed by atoms with E-state index in [1.54, 1.807) is 24.5 Å². The fourth-order valence-electron chi connectivity index (χ4n) is 2.01. The minimum atomic E-state index is -0.149. The first-order valence-corrected chi connectivity index (χ1v) is 7.54. The predicted octanol–water partition coefficient (Wildman–Crippen LogP) is 4.03. The standard InChI is InChI=1S/C17H13BrN2O2/c18-14-3-1-12(2-4-14)16-6-5-15(22-16)11-20-17(21)13-7-9-19-10-8-13/h1-10H,11H2,(H,20,21). The quantitative estimate of drug-likeness (QED) is 0.767. The first-order valence-electron chi connectivity index (χ1n) is 6.75. The third-order valence-electron chi connectivity index (χ3n) is 3.16. The molecule has 5 heteroatoms. The van der Waals surface area contributed by atoms with Gasteiger partial charge in [0, 0.05) is 28.0 Å². The minimum absolute atomic E-state index is 0.149. The van der Waals surface area contributed by atoms with Crippen molar-refractivity contribution in [2.24, 2.45) is 0 Å². The number of nitrogens with one attached hydrogen (secondary N) is 1. The molecule has 0 saturated heterocycles. The number of amides is 1. The molecule has 1 amide bonds. The number of furan rings is 1. The number of pyridine rings is 1. The molecular weight excluding hydrogens is 344 g/mol. The lowest BCUT2D eigenvalue weighted by molar-refractivity contribution is 0.0948. The van der Waals surface area contributed by atoms with Gasteiger partial charge in [-0.3, -0.25) is 9.78 Å². The van der Waals surface area contributed by atoms with Crippen molar-refractivity contribution in [3.05, 3.63) is 76.7 Å². The first kappa shape index (κ1) is 14.5. The van der Waals surface area contributed by atoms with Crippen LogP contribution in [-0.2, 0) is 6.54 Å². The highest BCUT2D eigenvalue weighted by atomic mass is 79.9. The molecule has 22 heavy (non-hydrogen) atoms. The van der Waals surface area contributed by atoms with Crippen LogP contribution in [0.3, 0.4) is 0 Å². The summed E-state index contributed by atoms with van der Waals surface area (Å²) in [4.78, 5) is 15.8. The highest BCUT2D eigenvalue weighted by molar-refractivity contribution is 9.10. The van der Waals surface area contributed by atoms with E-state index in [9.17, 15) is 4.79 Å². The number of halogens is 1. The number of rotatable bonds is 4. The monoisotopic (exact) mass is 356 g/mol. The number of carbonyl (C=O) groups excluding carboxylic acids is 1. The lowest BCUT2D eigenvalue weighted by Gasteiger charge is -2.03. The molecule has 3 aromatic rings. The maximum absolute atomic E-state index is 11.9. The SMILES string of the molecule is O=C(NCc1ccc(-c2ccc(Br)cc2)o1)c1ccncc1. The normalized spacial score (nSPS) is 10.4. The van der Waals surface area contributed by atoms with Gasteiger partial charge in [0.15, 0.2) is 0 Å². The molecule has 2 aromatic heterocycles. The summed E-state index contributed by atoms with van der Waals surface area (Å²) in [7, 11) is 0. The average Bonchev–Trinajstić information content (AvgIpc) is 3.03. The van der Waals surface area contributed by atoms with E-state index in [4.69, 9.17) is 4.42 Å². The smallest absolute Gasteiger partial charge is 0.251 e. The number of hydrogen-bond donors (Lipinski definition) is 1. The van der Waals surface area contributed by atoms with Gasteiger partial charge in [-0.25, -0.2) is 0 Å². The first-order chi connectivity index (χ1) is 10.7. The van der Waals surface area contributed by atoms with Crippen molar-refractivity contribution < 1.29 is 9.21 Å². The van der Waals surface area contributed by atoms with Gasteiger partial charge in [0.1, 0.15) is 11.5 Å². The van der Waals surface area contributed by atoms with Crippen LogP contribution in [-0.4, -0.2) is 10.9 Å². The Morgan fingerprint density at radius 2 is 1.77 bits per heavy atom. The Labute approximate surface area is 136 Å². The topological polar surface area (TPSA) is 55.1 Å². The van der Waals surface area contributed by atoms with E-state index < -0.39 is 0 Å². The van der Waals surface area contributed by atoms with Gasteiger partial charge in [-0.1, -0.05) is 28.1 Å². The van der Waals surface area contributed by atoms with Crippen LogP contribution in [0.4, 0.5) is 0 Å². The van der Waals surface area contributed by atoms with E-state index in [0.717, 1.165) is 15.8 Å². The van der Waals surface area contributed by atoms with Crippen molar-refractivity contribution in [2.75, 3.05) is 0 Å². The van der Waals surface area contributed by atoms with E-state index in [2.05, 4.69) is 26.2 Å². The van der Waals surface area contributed by atoms with Gasteiger partial charge in [-0.15, -0.1) is 0 Å². The molecule has 0 saturated carbocycles. The third-order valence-corrected chi connectivity index (χ3v) is 3.68. The molecule has 0 atom stereocenters. The molecule has 0 aliphatic heterocycles. The molecule has 4 nitrogen and oxygen atoms in total. The van der Waals surface area contributed by atoms with Gasteiger partial charge >= 0.3 is 0 Å². The number of benzene rings is 1. The molecule has 3 rings (SSSR count). The zero-order chi connectivity index (χ0) is 15.4. The molecular formula is C17H13BrN2O2. The summed E-state index contributed by atoms with van der Waals surface area (Å²) in [6, 6.07) is 15.0. The van der Waals surface area contributed by atoms with Crippen LogP contribution in [0.1, 0.15) is 16.1 Å². The maximum Gasteiger partial charge on any atom is 0.251 e. The van der Waals surface area contributed by atoms with Crippen LogP contribution in [0.25, 0.3) is 11.3 Å². The summed E-state index contributed by atoms with van der Waals surface area (Å²) in [5.74, 6) is 1.34. The van der Waals surface area contributed by atoms with Crippen molar-refractivity contribution in [3.63, 3.8) is 0 Å². The van der Waals surface area contributed by atoms with Crippen molar-refractivity contribution in [3.8, 4) is 11.3 Å². The van der Waals surface area contributed by atoms with Crippen LogP contribution in [0.15, 0.2) is 69.8 Å². The average molecular weight is 357 g/mol. The summed E-state index contributed by atoms with van der Waals surface area (Å²) < 4.78 is 6.77. The fraction of sp³-hybridized carbons (Fsp3) is 0.0588. The van der Waals surface area contributed by atoms with E-state index in [1.807, 2.05) is 36.4 Å². The van der Waals surface area contributed by atoms with Crippen LogP contribution >= 0.6 is 15.9 Å². The molecule has 110 valence electrons. The molecule has 0 unspecified atom stereocenters. The van der Waals surface area contributed by atoms with Gasteiger partial charge in [0.25, 0.3) is 5.91 Å². The lowest BCUT2D eigenvalue weighted by Crippen LogP contribution is -2.22. The number of hydrogen-bond acceptors (Lipinski definition) is 3. The summed E-state index contributed by atoms with van der Waals surface area (Å²) in [6.45, 7) is 0.345. The second-order valence-corrected chi connectivity index (χ2v) is 5.61. The van der Waals surface area contributed by atoms with Crippen molar-refractivity contribution in [1.29, 1.82) is 0 Å². The van der Waals surface area contributed by atoms with Crippen LogP contribution < -0.4 is 5.32 Å². The van der Waals surface area contributed by atoms with Crippen molar-refractivity contribution in [2.45, 2.75) is 6.54 Å². The van der Waals surface area contributed by atoms with Gasteiger partial charge < -0.3 is 9.73 Å². The van der Waals surface area contributed by atoms with Crippen molar-refractivity contribution >= 4 is 21.8 Å². The third kappa shape index (κ3) is 3.43. The number of carbonyl (C=O) groups is 1. The number of aromatic nitrogens is 1. The van der Waals surface area contributed by atoms with Crippen molar-refractivity contribution in [1.82, 2.24) is 10.3 Å². The van der Waals surface area contributed by atoms with E-state index >= 15 is 0 Å². The largest absolute Gasteiger partial charge is 0.459 e. The Morgan fingerprint density at radius 1 is 1.05 bits per heavy atom. The highest BCUT2D eigenvalue weighted by Gasteiger charge is 2.08. The van der Waals surface area contributed by atoms with E-state index in [1.165, 1.54) is 0 Å². The van der Waals surface area contributed by atoms with Crippen LogP contribution in [0.5, 0.6) is 0 Å². The van der Waals surface area contributed by atoms with E-state index in [-0.39, 0.29) is 5.91 Å². The number of nitrogens with zero attached hydrogens (tertiary/aromatic N) is 1. The van der Waals surface area contributed by atoms with Gasteiger partial charge in [0.05, 0.1) is 6.54 Å². The Balaban J connectivity index is 1.65. The Hall–Kier alpha value is -2.40. The zero-order valence-electron chi connectivity index (χ0n) is 11.6. The lowest BCUT2D eigenvalue weighted by atomic mass is 10.2. The molecule has 0 fully saturated rings. The van der Waals surface area contributed by atoms with Gasteiger partial charge in [0.2, 0.25) is 0 Å². The predicted molar refractivity (Wildman–Crippen MR) is 87.3 cm³/mol. The second-order valence-electron chi connectivity index (χ2n) is 4.69. The molecule has 0 aliphatic rings. The summed E-state index contributed by atoms with van der Waals surface area (Å²) in [5, 5.41) is 2.82. The molecule has 0 spiro atoms. The molecule has 1 N–H and O–H groups in total. The van der Waals surface area contributed by atoms with Crippen LogP contribution in [0.2, 0.25) is 0 Å². The Morgan fingerprint density at radius 3 is 2.50 bits per heavy atom. The zero-order valence-corrected chi connectivity index (χ0v) is 13.2. The summed E-state index contributed by atoms with van der Waals surface area (Å²) >= 11 is 3.40. The van der Waals surface area contributed by atoms with Crippen LogP contribution in [0, 0.1) is 0 Å². The Bertz CT molecular complexity index is 767. The molecule has 0 radical (unpaired) electrons. The van der Waals surface area contributed by atoms with Gasteiger partial charge in [-0.05, 0) is 36.4 Å². The minimum Gasteiger partial charge on any atom is -0.459 e. The Kier molecular flexibility index (Phi) is 4.34. The summed E-state index contributed by atoms with van der Waals surface area (Å²) in [5.41, 5.74) is 1.57. The molecule has 1 aromatic carbocycles.